The third-order valence-corrected chi connectivity index (χ3v) is 3.16. The highest BCUT2D eigenvalue weighted by atomic mass is 16.5. The molecule has 0 unspecified atom stereocenters. The Balaban J connectivity index is 2.67. The van der Waals surface area contributed by atoms with E-state index in [1.165, 1.54) is 6.92 Å². The molecule has 0 radical (unpaired) electrons. The van der Waals surface area contributed by atoms with Crippen molar-refractivity contribution in [1.29, 1.82) is 0 Å². The second-order valence-electron chi connectivity index (χ2n) is 4.78. The molecule has 0 saturated carbocycles. The summed E-state index contributed by atoms with van der Waals surface area (Å²) in [6, 6.07) is 5.38. The normalized spacial score (nSPS) is 10.6. The molecule has 0 aromatic heterocycles. The second kappa shape index (κ2) is 7.65. The number of ether oxygens (including phenoxy) is 1. The van der Waals surface area contributed by atoms with Gasteiger partial charge in [-0.25, -0.2) is 0 Å². The zero-order valence-corrected chi connectivity index (χ0v) is 12.2. The molecule has 0 saturated heterocycles. The van der Waals surface area contributed by atoms with Crippen LogP contribution in [0.5, 0.6) is 5.75 Å². The number of carbonyl (C=O) groups excluding carboxylic acids is 1. The van der Waals surface area contributed by atoms with E-state index in [9.17, 15) is 9.59 Å². The Labute approximate surface area is 119 Å². The molecule has 1 aromatic rings. The van der Waals surface area contributed by atoms with Crippen molar-refractivity contribution in [3.63, 3.8) is 0 Å². The molecule has 0 aliphatic heterocycles. The van der Waals surface area contributed by atoms with Crippen LogP contribution in [0.15, 0.2) is 18.2 Å². The molecule has 0 atom stereocenters. The predicted molar refractivity (Wildman–Crippen MR) is 76.5 cm³/mol. The fourth-order valence-corrected chi connectivity index (χ4v) is 1.90. The van der Waals surface area contributed by atoms with Crippen LogP contribution in [-0.2, 0) is 11.2 Å². The molecule has 110 valence electrons. The third kappa shape index (κ3) is 5.01. The maximum Gasteiger partial charge on any atom is 0.304 e. The van der Waals surface area contributed by atoms with Gasteiger partial charge in [0, 0.05) is 18.7 Å². The van der Waals surface area contributed by atoms with Crippen LogP contribution in [0.1, 0.15) is 29.3 Å². The fraction of sp³-hybridized carbons (Fsp3) is 0.467. The van der Waals surface area contributed by atoms with E-state index in [0.29, 0.717) is 25.1 Å². The van der Waals surface area contributed by atoms with E-state index in [1.54, 1.807) is 19.2 Å². The summed E-state index contributed by atoms with van der Waals surface area (Å²) >= 11 is 0. The van der Waals surface area contributed by atoms with Crippen molar-refractivity contribution >= 4 is 11.8 Å². The van der Waals surface area contributed by atoms with E-state index in [4.69, 9.17) is 9.84 Å². The molecule has 0 bridgehead atoms. The lowest BCUT2D eigenvalue weighted by molar-refractivity contribution is -0.137. The molecule has 5 nitrogen and oxygen atoms in total. The molecule has 0 fully saturated rings. The van der Waals surface area contributed by atoms with E-state index in [2.05, 4.69) is 0 Å². The highest BCUT2D eigenvalue weighted by molar-refractivity contribution is 5.94. The van der Waals surface area contributed by atoms with Crippen LogP contribution < -0.4 is 4.74 Å². The Morgan fingerprint density at radius 3 is 2.55 bits per heavy atom. The molecule has 0 spiro atoms. The van der Waals surface area contributed by atoms with Crippen molar-refractivity contribution in [2.24, 2.45) is 0 Å². The van der Waals surface area contributed by atoms with E-state index in [0.717, 1.165) is 11.3 Å². The van der Waals surface area contributed by atoms with E-state index in [1.807, 2.05) is 18.0 Å². The highest BCUT2D eigenvalue weighted by Crippen LogP contribution is 2.21. The molecule has 0 aliphatic rings. The summed E-state index contributed by atoms with van der Waals surface area (Å²) in [5.41, 5.74) is 1.62. The van der Waals surface area contributed by atoms with Gasteiger partial charge in [0.2, 0.25) is 0 Å². The lowest BCUT2D eigenvalue weighted by Crippen LogP contribution is -2.24. The first-order valence-electron chi connectivity index (χ1n) is 6.52. The van der Waals surface area contributed by atoms with Gasteiger partial charge in [-0.1, -0.05) is 0 Å². The summed E-state index contributed by atoms with van der Waals surface area (Å²) in [7, 11) is 3.48. The van der Waals surface area contributed by atoms with E-state index in [-0.39, 0.29) is 12.2 Å². The number of methoxy groups -OCH3 is 1. The number of aliphatic carboxylic acids is 1. The predicted octanol–water partition coefficient (Wildman–Crippen LogP) is 1.85. The van der Waals surface area contributed by atoms with Gasteiger partial charge < -0.3 is 14.7 Å². The Bertz CT molecular complexity index is 485. The fourth-order valence-electron chi connectivity index (χ4n) is 1.90. The molecule has 0 aliphatic carbocycles. The molecule has 1 N–H and O–H groups in total. The number of rotatable bonds is 8. The SMILES string of the molecule is COc1ccc(C(C)=O)cc1CCN(C)CCC(=O)O. The Hall–Kier alpha value is -1.88. The minimum absolute atomic E-state index is 0.0214. The van der Waals surface area contributed by atoms with E-state index < -0.39 is 5.97 Å². The number of Topliss-reactive ketones (excluding diaryl/α,β-unsaturated/α-hetero) is 1. The Morgan fingerprint density at radius 2 is 2.00 bits per heavy atom. The molecule has 1 aromatic carbocycles. The smallest absolute Gasteiger partial charge is 0.304 e. The van der Waals surface area contributed by atoms with Crippen LogP contribution >= 0.6 is 0 Å². The molecular weight excluding hydrogens is 258 g/mol. The van der Waals surface area contributed by atoms with Crippen LogP contribution in [0.3, 0.4) is 0 Å². The average molecular weight is 279 g/mol. The molecule has 1 rings (SSSR count). The van der Waals surface area contributed by atoms with Gasteiger partial charge >= 0.3 is 5.97 Å². The number of hydrogen-bond acceptors (Lipinski definition) is 4. The molecule has 0 amide bonds. The van der Waals surface area contributed by atoms with Crippen LogP contribution in [0.4, 0.5) is 0 Å². The largest absolute Gasteiger partial charge is 0.496 e. The van der Waals surface area contributed by atoms with Gasteiger partial charge in [0.05, 0.1) is 13.5 Å². The molecule has 20 heavy (non-hydrogen) atoms. The first-order valence-corrected chi connectivity index (χ1v) is 6.52. The molecule has 5 heteroatoms. The molecular formula is C15H21NO4. The number of likely N-dealkylation sites (N-methyl/N-ethyl adjacent to an activating group) is 1. The first-order chi connectivity index (χ1) is 9.43. The number of benzene rings is 1. The van der Waals surface area contributed by atoms with Gasteiger partial charge in [-0.15, -0.1) is 0 Å². The van der Waals surface area contributed by atoms with Gasteiger partial charge in [0.1, 0.15) is 5.75 Å². The summed E-state index contributed by atoms with van der Waals surface area (Å²) in [5, 5.41) is 8.64. The van der Waals surface area contributed by atoms with Gasteiger partial charge in [-0.05, 0) is 44.2 Å². The van der Waals surface area contributed by atoms with Crippen molar-refractivity contribution in [1.82, 2.24) is 4.90 Å². The number of nitrogens with zero attached hydrogens (tertiary/aromatic N) is 1. The first kappa shape index (κ1) is 16.2. The van der Waals surface area contributed by atoms with Gasteiger partial charge in [-0.2, -0.15) is 0 Å². The lowest BCUT2D eigenvalue weighted by atomic mass is 10.0. The summed E-state index contributed by atoms with van der Waals surface area (Å²) in [5.74, 6) is -0.0252. The third-order valence-electron chi connectivity index (χ3n) is 3.16. The monoisotopic (exact) mass is 279 g/mol. The summed E-state index contributed by atoms with van der Waals surface area (Å²) < 4.78 is 5.29. The highest BCUT2D eigenvalue weighted by Gasteiger charge is 2.09. The Kier molecular flexibility index (Phi) is 6.18. The number of hydrogen-bond donors (Lipinski definition) is 1. The van der Waals surface area contributed by atoms with Crippen LogP contribution in [0, 0.1) is 0 Å². The van der Waals surface area contributed by atoms with Crippen molar-refractivity contribution in [2.45, 2.75) is 19.8 Å². The zero-order valence-electron chi connectivity index (χ0n) is 12.2. The number of carboxylic acid groups (broad SMARTS) is 1. The van der Waals surface area contributed by atoms with Crippen LogP contribution in [0.25, 0.3) is 0 Å². The van der Waals surface area contributed by atoms with Crippen molar-refractivity contribution in [3.8, 4) is 5.75 Å². The standard InChI is InChI=1S/C15H21NO4/c1-11(17)12-4-5-14(20-3)13(10-12)6-8-16(2)9-7-15(18)19/h4-5,10H,6-9H2,1-3H3,(H,18,19). The quantitative estimate of drug-likeness (QED) is 0.736. The van der Waals surface area contributed by atoms with Gasteiger partial charge in [-0.3, -0.25) is 9.59 Å². The summed E-state index contributed by atoms with van der Waals surface area (Å²) in [6.07, 6.45) is 0.835. The number of carboxylic acids is 1. The van der Waals surface area contributed by atoms with E-state index >= 15 is 0 Å². The second-order valence-corrected chi connectivity index (χ2v) is 4.78. The maximum absolute atomic E-state index is 11.4. The minimum atomic E-state index is -0.798. The van der Waals surface area contributed by atoms with Crippen molar-refractivity contribution in [3.05, 3.63) is 29.3 Å². The van der Waals surface area contributed by atoms with Crippen molar-refractivity contribution in [2.75, 3.05) is 27.2 Å². The molecule has 0 heterocycles. The van der Waals surface area contributed by atoms with Crippen LogP contribution in [-0.4, -0.2) is 49.0 Å². The Morgan fingerprint density at radius 1 is 1.30 bits per heavy atom. The van der Waals surface area contributed by atoms with Gasteiger partial charge in [0.15, 0.2) is 5.78 Å². The summed E-state index contributed by atoms with van der Waals surface area (Å²) in [6.45, 7) is 2.75. The zero-order chi connectivity index (χ0) is 15.1. The van der Waals surface area contributed by atoms with Gasteiger partial charge in [0.25, 0.3) is 0 Å². The van der Waals surface area contributed by atoms with Crippen molar-refractivity contribution < 1.29 is 19.4 Å². The number of carbonyl (C=O) groups is 2. The lowest BCUT2D eigenvalue weighted by Gasteiger charge is -2.16. The minimum Gasteiger partial charge on any atom is -0.496 e. The van der Waals surface area contributed by atoms with Crippen LogP contribution in [0.2, 0.25) is 0 Å². The topological polar surface area (TPSA) is 66.8 Å². The summed E-state index contributed by atoms with van der Waals surface area (Å²) in [4.78, 5) is 23.9. The maximum atomic E-state index is 11.4. The number of ketones is 1. The average Bonchev–Trinajstić information content (AvgIpc) is 2.42.